The van der Waals surface area contributed by atoms with E-state index in [2.05, 4.69) is 22.2 Å². The van der Waals surface area contributed by atoms with Crippen molar-refractivity contribution in [1.82, 2.24) is 14.9 Å². The summed E-state index contributed by atoms with van der Waals surface area (Å²) in [5.74, 6) is 1.62. The van der Waals surface area contributed by atoms with Crippen molar-refractivity contribution in [2.24, 2.45) is 5.10 Å². The maximum Gasteiger partial charge on any atom is 0.216 e. The Hall–Kier alpha value is -1.95. The quantitative estimate of drug-likeness (QED) is 0.453. The highest BCUT2D eigenvalue weighted by molar-refractivity contribution is 7.71. The Morgan fingerprint density at radius 1 is 1.27 bits per heavy atom. The molecule has 6 heteroatoms. The van der Waals surface area contributed by atoms with Gasteiger partial charge in [-0.25, -0.2) is 0 Å². The lowest BCUT2D eigenvalue weighted by Gasteiger charge is -2.05. The Balaban J connectivity index is 1.88. The van der Waals surface area contributed by atoms with Crippen LogP contribution in [-0.2, 0) is 0 Å². The highest BCUT2D eigenvalue weighted by Gasteiger charge is 1.98. The smallest absolute Gasteiger partial charge is 0.216 e. The summed E-state index contributed by atoms with van der Waals surface area (Å²) >= 11 is 5.10. The fourth-order valence-electron chi connectivity index (χ4n) is 2.00. The second kappa shape index (κ2) is 8.48. The standard InChI is InChI=1S/C16H22N4OS/c1-3-4-5-6-11-21-15-9-7-14(8-10-15)12-17-20-13(2)18-19-16(20)22/h7-10,12H,3-6,11H2,1-2H3,(H,19,22)/b17-12-. The molecule has 2 rings (SSSR count). The van der Waals surface area contributed by atoms with Crippen molar-refractivity contribution in [3.8, 4) is 5.75 Å². The molecule has 1 heterocycles. The first-order chi connectivity index (χ1) is 10.7. The molecular weight excluding hydrogens is 296 g/mol. The van der Waals surface area contributed by atoms with Crippen LogP contribution in [0.5, 0.6) is 5.75 Å². The lowest BCUT2D eigenvalue weighted by atomic mass is 10.2. The summed E-state index contributed by atoms with van der Waals surface area (Å²) in [7, 11) is 0. The summed E-state index contributed by atoms with van der Waals surface area (Å²) in [5.41, 5.74) is 0.987. The van der Waals surface area contributed by atoms with Gasteiger partial charge in [0.2, 0.25) is 4.77 Å². The van der Waals surface area contributed by atoms with Crippen LogP contribution in [0.3, 0.4) is 0 Å². The van der Waals surface area contributed by atoms with Crippen molar-refractivity contribution < 1.29 is 4.74 Å². The van der Waals surface area contributed by atoms with E-state index >= 15 is 0 Å². The highest BCUT2D eigenvalue weighted by Crippen LogP contribution is 2.12. The molecule has 0 atom stereocenters. The van der Waals surface area contributed by atoms with Crippen LogP contribution in [0.15, 0.2) is 29.4 Å². The summed E-state index contributed by atoms with van der Waals surface area (Å²) in [6.45, 7) is 4.83. The highest BCUT2D eigenvalue weighted by atomic mass is 32.1. The number of nitrogens with zero attached hydrogens (tertiary/aromatic N) is 3. The van der Waals surface area contributed by atoms with Gasteiger partial charge >= 0.3 is 0 Å². The van der Waals surface area contributed by atoms with Crippen molar-refractivity contribution in [3.63, 3.8) is 0 Å². The molecule has 0 saturated heterocycles. The van der Waals surface area contributed by atoms with Gasteiger partial charge in [-0.2, -0.15) is 14.9 Å². The lowest BCUT2D eigenvalue weighted by molar-refractivity contribution is 0.305. The van der Waals surface area contributed by atoms with E-state index in [0.717, 1.165) is 30.2 Å². The Morgan fingerprint density at radius 3 is 2.68 bits per heavy atom. The number of benzene rings is 1. The Bertz CT molecular complexity index is 658. The largest absolute Gasteiger partial charge is 0.494 e. The molecule has 0 aliphatic rings. The van der Waals surface area contributed by atoms with Crippen LogP contribution in [0.4, 0.5) is 0 Å². The van der Waals surface area contributed by atoms with Gasteiger partial charge in [0.25, 0.3) is 0 Å². The monoisotopic (exact) mass is 318 g/mol. The van der Waals surface area contributed by atoms with E-state index in [1.807, 2.05) is 31.2 Å². The molecule has 0 unspecified atom stereocenters. The maximum atomic E-state index is 5.71. The molecule has 1 aromatic heterocycles. The summed E-state index contributed by atoms with van der Waals surface area (Å²) in [5, 5.41) is 11.0. The first-order valence-electron chi connectivity index (χ1n) is 7.62. The predicted molar refractivity (Wildman–Crippen MR) is 91.2 cm³/mol. The SMILES string of the molecule is CCCCCCOc1ccc(/C=N\n2c(C)n[nH]c2=S)cc1. The van der Waals surface area contributed by atoms with Gasteiger partial charge in [0.05, 0.1) is 12.8 Å². The first-order valence-corrected chi connectivity index (χ1v) is 8.02. The number of hydrogen-bond acceptors (Lipinski definition) is 4. The minimum atomic E-state index is 0.487. The molecule has 1 N–H and O–H groups in total. The molecule has 0 spiro atoms. The topological polar surface area (TPSA) is 55.2 Å². The van der Waals surface area contributed by atoms with E-state index < -0.39 is 0 Å². The molecule has 0 aliphatic heterocycles. The molecule has 22 heavy (non-hydrogen) atoms. The third-order valence-electron chi connectivity index (χ3n) is 3.28. The van der Waals surface area contributed by atoms with Crippen molar-refractivity contribution in [2.45, 2.75) is 39.5 Å². The molecule has 5 nitrogen and oxygen atoms in total. The minimum absolute atomic E-state index is 0.487. The van der Waals surface area contributed by atoms with Gasteiger partial charge in [0.15, 0.2) is 0 Å². The zero-order valence-corrected chi connectivity index (χ0v) is 13.9. The number of hydrogen-bond donors (Lipinski definition) is 1. The molecule has 0 radical (unpaired) electrons. The normalized spacial score (nSPS) is 11.2. The van der Waals surface area contributed by atoms with E-state index in [-0.39, 0.29) is 0 Å². The predicted octanol–water partition coefficient (Wildman–Crippen LogP) is 4.09. The molecule has 0 fully saturated rings. The summed E-state index contributed by atoms with van der Waals surface area (Å²) in [4.78, 5) is 0. The number of unbranched alkanes of at least 4 members (excludes halogenated alkanes) is 3. The Kier molecular flexibility index (Phi) is 6.33. The number of H-pyrrole nitrogens is 1. The van der Waals surface area contributed by atoms with Crippen LogP contribution < -0.4 is 4.74 Å². The number of nitrogens with one attached hydrogen (secondary N) is 1. The average molecular weight is 318 g/mol. The molecule has 0 saturated carbocycles. The second-order valence-electron chi connectivity index (χ2n) is 5.11. The van der Waals surface area contributed by atoms with Crippen LogP contribution in [0.25, 0.3) is 0 Å². The zero-order chi connectivity index (χ0) is 15.8. The van der Waals surface area contributed by atoms with Crippen LogP contribution >= 0.6 is 12.2 Å². The first kappa shape index (κ1) is 16.4. The van der Waals surface area contributed by atoms with Crippen LogP contribution in [0.2, 0.25) is 0 Å². The van der Waals surface area contributed by atoms with Gasteiger partial charge in [-0.15, -0.1) is 0 Å². The number of rotatable bonds is 8. The van der Waals surface area contributed by atoms with Gasteiger partial charge in [-0.3, -0.25) is 5.10 Å². The van der Waals surface area contributed by atoms with E-state index in [1.165, 1.54) is 19.3 Å². The Morgan fingerprint density at radius 2 is 2.05 bits per heavy atom. The summed E-state index contributed by atoms with van der Waals surface area (Å²) < 4.78 is 7.79. The third-order valence-corrected chi connectivity index (χ3v) is 3.55. The van der Waals surface area contributed by atoms with Gasteiger partial charge < -0.3 is 4.74 Å². The van der Waals surface area contributed by atoms with Crippen molar-refractivity contribution in [1.29, 1.82) is 0 Å². The van der Waals surface area contributed by atoms with E-state index in [1.54, 1.807) is 10.9 Å². The third kappa shape index (κ3) is 4.80. The second-order valence-corrected chi connectivity index (χ2v) is 5.50. The fourth-order valence-corrected chi connectivity index (χ4v) is 2.22. The van der Waals surface area contributed by atoms with Gasteiger partial charge in [0.1, 0.15) is 11.6 Å². The van der Waals surface area contributed by atoms with Crippen molar-refractivity contribution in [3.05, 3.63) is 40.4 Å². The average Bonchev–Trinajstić information content (AvgIpc) is 2.85. The molecule has 0 aliphatic carbocycles. The fraction of sp³-hybridized carbons (Fsp3) is 0.438. The van der Waals surface area contributed by atoms with Gasteiger partial charge in [-0.1, -0.05) is 26.2 Å². The summed E-state index contributed by atoms with van der Waals surface area (Å²) in [6.07, 6.45) is 6.60. The van der Waals surface area contributed by atoms with Crippen LogP contribution in [0, 0.1) is 11.7 Å². The van der Waals surface area contributed by atoms with Gasteiger partial charge in [0, 0.05) is 0 Å². The van der Waals surface area contributed by atoms with Crippen molar-refractivity contribution in [2.75, 3.05) is 6.61 Å². The molecule has 0 amide bonds. The number of ether oxygens (including phenoxy) is 1. The maximum absolute atomic E-state index is 5.71. The molecule has 2 aromatic rings. The molecule has 1 aromatic carbocycles. The molecule has 0 bridgehead atoms. The lowest BCUT2D eigenvalue weighted by Crippen LogP contribution is -1.97. The van der Waals surface area contributed by atoms with E-state index in [9.17, 15) is 0 Å². The number of aromatic amines is 1. The zero-order valence-electron chi connectivity index (χ0n) is 13.1. The number of aryl methyl sites for hydroxylation is 1. The van der Waals surface area contributed by atoms with Crippen molar-refractivity contribution >= 4 is 18.4 Å². The van der Waals surface area contributed by atoms with E-state index in [0.29, 0.717) is 4.77 Å². The van der Waals surface area contributed by atoms with E-state index in [4.69, 9.17) is 17.0 Å². The molecular formula is C16H22N4OS. The van der Waals surface area contributed by atoms with Crippen LogP contribution in [0.1, 0.15) is 44.0 Å². The number of aromatic nitrogens is 3. The molecule has 118 valence electrons. The Labute approximate surface area is 136 Å². The summed E-state index contributed by atoms with van der Waals surface area (Å²) in [6, 6.07) is 7.87. The van der Waals surface area contributed by atoms with Gasteiger partial charge in [-0.05, 0) is 55.4 Å². The van der Waals surface area contributed by atoms with Crippen LogP contribution in [-0.4, -0.2) is 27.7 Å². The minimum Gasteiger partial charge on any atom is -0.494 e.